The van der Waals surface area contributed by atoms with Gasteiger partial charge in [0.1, 0.15) is 0 Å². The molecular weight excluding hydrogens is 198 g/mol. The van der Waals surface area contributed by atoms with Crippen LogP contribution in [0.2, 0.25) is 0 Å². The largest absolute Gasteiger partial charge is 0.398 e. The highest BCUT2D eigenvalue weighted by Gasteiger charge is 2.06. The normalized spacial score (nSPS) is 10.1. The zero-order valence-corrected chi connectivity index (χ0v) is 9.10. The molecule has 2 nitrogen and oxygen atoms in total. The van der Waals surface area contributed by atoms with Crippen LogP contribution in [0.5, 0.6) is 0 Å². The van der Waals surface area contributed by atoms with E-state index in [0.717, 1.165) is 23.0 Å². The molecule has 2 aromatic carbocycles. The Morgan fingerprint density at radius 3 is 2.50 bits per heavy atom. The smallest absolute Gasteiger partial charge is 0.150 e. The Balaban J connectivity index is 2.62. The van der Waals surface area contributed by atoms with Gasteiger partial charge < -0.3 is 5.73 Å². The van der Waals surface area contributed by atoms with Gasteiger partial charge in [0.25, 0.3) is 0 Å². The number of hydrogen-bond acceptors (Lipinski definition) is 2. The molecule has 0 spiro atoms. The summed E-state index contributed by atoms with van der Waals surface area (Å²) in [4.78, 5) is 10.9. The molecular formula is C14H13NO. The number of nitrogens with two attached hydrogens (primary N) is 1. The van der Waals surface area contributed by atoms with Crippen molar-refractivity contribution in [1.82, 2.24) is 0 Å². The SMILES string of the molecule is Cc1ccc(-c2ccccc2C=O)c(N)c1. The van der Waals surface area contributed by atoms with Gasteiger partial charge in [0, 0.05) is 16.8 Å². The van der Waals surface area contributed by atoms with E-state index in [9.17, 15) is 4.79 Å². The van der Waals surface area contributed by atoms with E-state index in [1.54, 1.807) is 6.07 Å². The molecule has 0 saturated heterocycles. The number of anilines is 1. The van der Waals surface area contributed by atoms with Crippen molar-refractivity contribution in [2.75, 3.05) is 5.73 Å². The fraction of sp³-hybridized carbons (Fsp3) is 0.0714. The van der Waals surface area contributed by atoms with Crippen molar-refractivity contribution in [2.24, 2.45) is 0 Å². The van der Waals surface area contributed by atoms with E-state index in [1.807, 2.05) is 43.3 Å². The van der Waals surface area contributed by atoms with Gasteiger partial charge in [-0.1, -0.05) is 36.4 Å². The van der Waals surface area contributed by atoms with Crippen LogP contribution in [0, 0.1) is 6.92 Å². The van der Waals surface area contributed by atoms with E-state index in [1.165, 1.54) is 0 Å². The Bertz CT molecular complexity index is 532. The van der Waals surface area contributed by atoms with Gasteiger partial charge in [0.2, 0.25) is 0 Å². The molecule has 0 heterocycles. The monoisotopic (exact) mass is 211 g/mol. The number of benzene rings is 2. The quantitative estimate of drug-likeness (QED) is 0.612. The zero-order valence-electron chi connectivity index (χ0n) is 9.10. The molecule has 2 heteroatoms. The second-order valence-corrected chi connectivity index (χ2v) is 3.80. The summed E-state index contributed by atoms with van der Waals surface area (Å²) < 4.78 is 0. The minimum atomic E-state index is 0.665. The highest BCUT2D eigenvalue weighted by atomic mass is 16.1. The molecule has 80 valence electrons. The summed E-state index contributed by atoms with van der Waals surface area (Å²) in [5.41, 5.74) is 10.2. The standard InChI is InChI=1S/C14H13NO/c1-10-6-7-13(14(15)8-10)12-5-3-2-4-11(12)9-16/h2-9H,15H2,1H3. The van der Waals surface area contributed by atoms with Gasteiger partial charge in [-0.25, -0.2) is 0 Å². The first-order chi connectivity index (χ1) is 7.72. The van der Waals surface area contributed by atoms with Crippen LogP contribution in [0.4, 0.5) is 5.69 Å². The summed E-state index contributed by atoms with van der Waals surface area (Å²) >= 11 is 0. The predicted octanol–water partition coefficient (Wildman–Crippen LogP) is 3.06. The van der Waals surface area contributed by atoms with Gasteiger partial charge in [-0.3, -0.25) is 4.79 Å². The minimum absolute atomic E-state index is 0.665. The van der Waals surface area contributed by atoms with E-state index in [0.29, 0.717) is 11.3 Å². The first-order valence-corrected chi connectivity index (χ1v) is 5.13. The van der Waals surface area contributed by atoms with Crippen molar-refractivity contribution < 1.29 is 4.79 Å². The second-order valence-electron chi connectivity index (χ2n) is 3.80. The number of aryl methyl sites for hydroxylation is 1. The third kappa shape index (κ3) is 1.82. The van der Waals surface area contributed by atoms with Crippen LogP contribution in [0.3, 0.4) is 0 Å². The molecule has 0 aliphatic heterocycles. The highest BCUT2D eigenvalue weighted by molar-refractivity contribution is 5.91. The number of carbonyl (C=O) groups excluding carboxylic acids is 1. The van der Waals surface area contributed by atoms with Crippen LogP contribution in [0.15, 0.2) is 42.5 Å². The molecule has 16 heavy (non-hydrogen) atoms. The second kappa shape index (κ2) is 4.19. The lowest BCUT2D eigenvalue weighted by molar-refractivity contribution is 0.112. The molecule has 0 aromatic heterocycles. The van der Waals surface area contributed by atoms with Gasteiger partial charge in [-0.2, -0.15) is 0 Å². The number of carbonyl (C=O) groups is 1. The Hall–Kier alpha value is -2.09. The summed E-state index contributed by atoms with van der Waals surface area (Å²) in [5.74, 6) is 0. The van der Waals surface area contributed by atoms with E-state index < -0.39 is 0 Å². The summed E-state index contributed by atoms with van der Waals surface area (Å²) in [6.07, 6.45) is 0.856. The third-order valence-corrected chi connectivity index (χ3v) is 2.58. The Morgan fingerprint density at radius 2 is 1.81 bits per heavy atom. The van der Waals surface area contributed by atoms with Crippen LogP contribution in [-0.4, -0.2) is 6.29 Å². The number of nitrogen functional groups attached to an aromatic ring is 1. The van der Waals surface area contributed by atoms with Crippen LogP contribution in [-0.2, 0) is 0 Å². The number of rotatable bonds is 2. The van der Waals surface area contributed by atoms with Crippen molar-refractivity contribution in [3.8, 4) is 11.1 Å². The van der Waals surface area contributed by atoms with E-state index in [-0.39, 0.29) is 0 Å². The maximum Gasteiger partial charge on any atom is 0.150 e. The third-order valence-electron chi connectivity index (χ3n) is 2.58. The van der Waals surface area contributed by atoms with Crippen molar-refractivity contribution in [2.45, 2.75) is 6.92 Å². The van der Waals surface area contributed by atoms with Crippen LogP contribution in [0.25, 0.3) is 11.1 Å². The summed E-state index contributed by atoms with van der Waals surface area (Å²) in [6.45, 7) is 1.99. The lowest BCUT2D eigenvalue weighted by atomic mass is 9.98. The predicted molar refractivity (Wildman–Crippen MR) is 66.4 cm³/mol. The number of aldehydes is 1. The zero-order chi connectivity index (χ0) is 11.5. The van der Waals surface area contributed by atoms with Gasteiger partial charge in [-0.15, -0.1) is 0 Å². The van der Waals surface area contributed by atoms with Crippen LogP contribution >= 0.6 is 0 Å². The topological polar surface area (TPSA) is 43.1 Å². The van der Waals surface area contributed by atoms with Crippen molar-refractivity contribution in [1.29, 1.82) is 0 Å². The summed E-state index contributed by atoms with van der Waals surface area (Å²) in [5, 5.41) is 0. The fourth-order valence-corrected chi connectivity index (χ4v) is 1.77. The van der Waals surface area contributed by atoms with Crippen LogP contribution in [0.1, 0.15) is 15.9 Å². The molecule has 0 atom stereocenters. The van der Waals surface area contributed by atoms with E-state index in [4.69, 9.17) is 5.73 Å². The van der Waals surface area contributed by atoms with Crippen molar-refractivity contribution >= 4 is 12.0 Å². The molecule has 0 aliphatic carbocycles. The lowest BCUT2D eigenvalue weighted by Gasteiger charge is -2.08. The molecule has 0 amide bonds. The molecule has 0 unspecified atom stereocenters. The van der Waals surface area contributed by atoms with Crippen molar-refractivity contribution in [3.05, 3.63) is 53.6 Å². The highest BCUT2D eigenvalue weighted by Crippen LogP contribution is 2.28. The van der Waals surface area contributed by atoms with Gasteiger partial charge in [0.15, 0.2) is 6.29 Å². The Morgan fingerprint density at radius 1 is 1.06 bits per heavy atom. The maximum atomic E-state index is 10.9. The average molecular weight is 211 g/mol. The Kier molecular flexibility index (Phi) is 2.73. The molecule has 0 bridgehead atoms. The minimum Gasteiger partial charge on any atom is -0.398 e. The van der Waals surface area contributed by atoms with Gasteiger partial charge in [-0.05, 0) is 24.1 Å². The fourth-order valence-electron chi connectivity index (χ4n) is 1.77. The van der Waals surface area contributed by atoms with Gasteiger partial charge in [0.05, 0.1) is 0 Å². The maximum absolute atomic E-state index is 10.9. The van der Waals surface area contributed by atoms with E-state index >= 15 is 0 Å². The summed E-state index contributed by atoms with van der Waals surface area (Å²) in [6, 6.07) is 13.3. The van der Waals surface area contributed by atoms with Crippen LogP contribution < -0.4 is 5.73 Å². The van der Waals surface area contributed by atoms with Gasteiger partial charge >= 0.3 is 0 Å². The molecule has 2 rings (SSSR count). The average Bonchev–Trinajstić information content (AvgIpc) is 2.29. The molecule has 2 aromatic rings. The Labute approximate surface area is 94.7 Å². The van der Waals surface area contributed by atoms with E-state index in [2.05, 4.69) is 0 Å². The molecule has 0 aliphatic rings. The first-order valence-electron chi connectivity index (χ1n) is 5.13. The molecule has 0 fully saturated rings. The van der Waals surface area contributed by atoms with Crippen molar-refractivity contribution in [3.63, 3.8) is 0 Å². The first kappa shape index (κ1) is 10.4. The summed E-state index contributed by atoms with van der Waals surface area (Å²) in [7, 11) is 0. The molecule has 0 saturated carbocycles. The lowest BCUT2D eigenvalue weighted by Crippen LogP contribution is -1.93. The molecule has 2 N–H and O–H groups in total. The molecule has 0 radical (unpaired) electrons. The number of hydrogen-bond donors (Lipinski definition) is 1.